The van der Waals surface area contributed by atoms with Crippen LogP contribution in [-0.4, -0.2) is 58.3 Å². The minimum absolute atomic E-state index is 0.00638. The first-order chi connectivity index (χ1) is 17.9. The Morgan fingerprint density at radius 2 is 1.87 bits per heavy atom. The van der Waals surface area contributed by atoms with Gasteiger partial charge in [0.05, 0.1) is 25.0 Å². The fraction of sp³-hybridized carbons (Fsp3) is 0.500. The largest absolute Gasteiger partial charge is 0.445 e. The van der Waals surface area contributed by atoms with E-state index in [1.165, 1.54) is 0 Å². The van der Waals surface area contributed by atoms with Gasteiger partial charge in [-0.2, -0.15) is 0 Å². The molecule has 1 aliphatic rings. The molecule has 1 saturated heterocycles. The Morgan fingerprint density at radius 1 is 1.13 bits per heavy atom. The molecule has 8 nitrogen and oxygen atoms in total. The maximum atomic E-state index is 13.5. The summed E-state index contributed by atoms with van der Waals surface area (Å²) in [5.74, 6) is -0.0114. The van der Waals surface area contributed by atoms with Crippen molar-refractivity contribution >= 4 is 47.3 Å². The Bertz CT molecular complexity index is 1270. The Hall–Kier alpha value is -2.56. The number of carbonyl (C=O) groups excluding carboxylic acids is 2. The molecule has 1 amide bonds. The van der Waals surface area contributed by atoms with Gasteiger partial charge in [-0.3, -0.25) is 4.79 Å². The number of likely N-dealkylation sites (tertiary alicyclic amines) is 1. The van der Waals surface area contributed by atoms with Gasteiger partial charge in [-0.25, -0.2) is 14.8 Å². The van der Waals surface area contributed by atoms with E-state index in [1.807, 2.05) is 42.5 Å². The van der Waals surface area contributed by atoms with Gasteiger partial charge < -0.3 is 18.6 Å². The minimum atomic E-state index is -2.15. The van der Waals surface area contributed by atoms with E-state index in [1.54, 1.807) is 15.8 Å². The predicted molar refractivity (Wildman–Crippen MR) is 153 cm³/mol. The second-order valence-electron chi connectivity index (χ2n) is 11.5. The summed E-state index contributed by atoms with van der Waals surface area (Å²) in [7, 11) is -2.15. The number of nitrogens with zero attached hydrogens (tertiary/aromatic N) is 4. The molecule has 2 atom stereocenters. The number of hydrogen-bond donors (Lipinski definition) is 0. The number of benzene rings is 1. The fourth-order valence-corrected chi connectivity index (χ4v) is 6.19. The maximum absolute atomic E-state index is 13.5. The smallest absolute Gasteiger partial charge is 0.410 e. The summed E-state index contributed by atoms with van der Waals surface area (Å²) < 4.78 is 15.0. The molecular formula is C28H37BrN4O4Si. The number of carbonyl (C=O) groups is 2. The first-order valence-corrected chi connectivity index (χ1v) is 16.8. The van der Waals surface area contributed by atoms with Gasteiger partial charge in [-0.05, 0) is 64.6 Å². The lowest BCUT2D eigenvalue weighted by molar-refractivity contribution is -0.122. The number of ether oxygens (including phenoxy) is 1. The number of amides is 1. The zero-order chi connectivity index (χ0) is 27.5. The quantitative estimate of drug-likeness (QED) is 0.221. The molecular weight excluding hydrogens is 564 g/mol. The van der Waals surface area contributed by atoms with Gasteiger partial charge in [0.1, 0.15) is 16.7 Å². The van der Waals surface area contributed by atoms with E-state index >= 15 is 0 Å². The highest BCUT2D eigenvalue weighted by molar-refractivity contribution is 9.10. The number of aromatic nitrogens is 3. The number of hydrogen-bond acceptors (Lipinski definition) is 6. The van der Waals surface area contributed by atoms with Gasteiger partial charge >= 0.3 is 6.09 Å². The average molecular weight is 602 g/mol. The number of halogens is 1. The van der Waals surface area contributed by atoms with E-state index in [0.29, 0.717) is 16.8 Å². The molecule has 0 saturated carbocycles. The maximum Gasteiger partial charge on any atom is 0.410 e. The number of rotatable bonds is 8. The van der Waals surface area contributed by atoms with Crippen LogP contribution >= 0.6 is 15.9 Å². The van der Waals surface area contributed by atoms with Crippen LogP contribution < -0.4 is 0 Å². The molecule has 0 spiro atoms. The van der Waals surface area contributed by atoms with Crippen molar-refractivity contribution in [3.63, 3.8) is 0 Å². The van der Waals surface area contributed by atoms with Gasteiger partial charge in [0.2, 0.25) is 0 Å². The third-order valence-electron chi connectivity index (χ3n) is 7.62. The summed E-state index contributed by atoms with van der Waals surface area (Å²) >= 11 is 3.40. The standard InChI is InChI=1S/C28H37BrN4O4Si/c1-28(2,3)38(4,5)37-24-12-9-15-33(27(35)36-18-20-10-7-6-8-11-20)23(24)16-21(34)17-32-19-30-22-13-14-25(29)31-26(22)32/h6-8,10-11,13-14,19,23-24H,9,12,15-18H2,1-5H3/t23-,24+/m1/s1. The van der Waals surface area contributed by atoms with Crippen molar-refractivity contribution in [3.05, 3.63) is 59.0 Å². The number of piperidine rings is 1. The molecule has 10 heteroatoms. The monoisotopic (exact) mass is 600 g/mol. The fourth-order valence-electron chi connectivity index (χ4n) is 4.51. The lowest BCUT2D eigenvalue weighted by atomic mass is 9.95. The third-order valence-corrected chi connectivity index (χ3v) is 12.6. The second-order valence-corrected chi connectivity index (χ2v) is 17.0. The van der Waals surface area contributed by atoms with Crippen LogP contribution in [-0.2, 0) is 27.1 Å². The van der Waals surface area contributed by atoms with Crippen LogP contribution in [0.4, 0.5) is 4.79 Å². The molecule has 0 aliphatic carbocycles. The van der Waals surface area contributed by atoms with Crippen LogP contribution in [0.2, 0.25) is 18.1 Å². The SMILES string of the molecule is CC(C)(C)[Si](C)(C)O[C@H]1CCCN(C(=O)OCc2ccccc2)[C@@H]1CC(=O)Cn1cnc2ccc(Br)nc21. The van der Waals surface area contributed by atoms with Crippen LogP contribution in [0, 0.1) is 0 Å². The number of Topliss-reactive ketones (excluding diaryl/α,β-unsaturated/α-hetero) is 1. The highest BCUT2D eigenvalue weighted by Gasteiger charge is 2.44. The van der Waals surface area contributed by atoms with Crippen molar-refractivity contribution in [1.29, 1.82) is 0 Å². The Kier molecular flexibility index (Phi) is 8.74. The first-order valence-electron chi connectivity index (χ1n) is 13.1. The summed E-state index contributed by atoms with van der Waals surface area (Å²) in [6, 6.07) is 12.9. The molecule has 204 valence electrons. The van der Waals surface area contributed by atoms with Gasteiger partial charge in [-0.15, -0.1) is 0 Å². The summed E-state index contributed by atoms with van der Waals surface area (Å²) in [4.78, 5) is 37.3. The van der Waals surface area contributed by atoms with Crippen LogP contribution in [0.3, 0.4) is 0 Å². The zero-order valence-electron chi connectivity index (χ0n) is 22.8. The van der Waals surface area contributed by atoms with Crippen molar-refractivity contribution in [1.82, 2.24) is 19.4 Å². The molecule has 38 heavy (non-hydrogen) atoms. The Morgan fingerprint density at radius 3 is 2.58 bits per heavy atom. The van der Waals surface area contributed by atoms with Crippen LogP contribution in [0.1, 0.15) is 45.6 Å². The Balaban J connectivity index is 1.54. The number of pyridine rings is 1. The average Bonchev–Trinajstić information content (AvgIpc) is 3.24. The van der Waals surface area contributed by atoms with Gasteiger partial charge in [0.25, 0.3) is 0 Å². The molecule has 0 unspecified atom stereocenters. The van der Waals surface area contributed by atoms with E-state index in [4.69, 9.17) is 9.16 Å². The molecule has 2 aromatic heterocycles. The third kappa shape index (κ3) is 6.70. The minimum Gasteiger partial charge on any atom is -0.445 e. The van der Waals surface area contributed by atoms with Crippen molar-refractivity contribution in [3.8, 4) is 0 Å². The summed E-state index contributed by atoms with van der Waals surface area (Å²) in [6.45, 7) is 11.9. The van der Waals surface area contributed by atoms with Crippen molar-refractivity contribution < 1.29 is 18.8 Å². The lowest BCUT2D eigenvalue weighted by Gasteiger charge is -2.46. The van der Waals surface area contributed by atoms with Crippen molar-refractivity contribution in [2.45, 2.75) is 83.5 Å². The molecule has 4 rings (SSSR count). The van der Waals surface area contributed by atoms with Crippen LogP contribution in [0.15, 0.2) is 53.4 Å². The summed E-state index contributed by atoms with van der Waals surface area (Å²) in [5.41, 5.74) is 2.29. The highest BCUT2D eigenvalue weighted by Crippen LogP contribution is 2.39. The predicted octanol–water partition coefficient (Wildman–Crippen LogP) is 6.34. The molecule has 3 aromatic rings. The van der Waals surface area contributed by atoms with Crippen molar-refractivity contribution in [2.75, 3.05) is 6.54 Å². The van der Waals surface area contributed by atoms with E-state index in [0.717, 1.165) is 23.9 Å². The van der Waals surface area contributed by atoms with Crippen molar-refractivity contribution in [2.24, 2.45) is 0 Å². The van der Waals surface area contributed by atoms with E-state index < -0.39 is 20.5 Å². The number of fused-ring (bicyclic) bond motifs is 1. The first kappa shape index (κ1) is 28.4. The number of imidazole rings is 1. The molecule has 3 heterocycles. The normalized spacial score (nSPS) is 18.5. The topological polar surface area (TPSA) is 86.5 Å². The summed E-state index contributed by atoms with van der Waals surface area (Å²) in [5, 5.41) is 0.00638. The lowest BCUT2D eigenvalue weighted by Crippen LogP contribution is -2.56. The van der Waals surface area contributed by atoms with Gasteiger partial charge in [-0.1, -0.05) is 51.1 Å². The highest BCUT2D eigenvalue weighted by atomic mass is 79.9. The zero-order valence-corrected chi connectivity index (χ0v) is 25.4. The molecule has 0 bridgehead atoms. The molecule has 0 radical (unpaired) electrons. The molecule has 1 aromatic carbocycles. The van der Waals surface area contributed by atoms with E-state index in [-0.39, 0.29) is 36.5 Å². The summed E-state index contributed by atoms with van der Waals surface area (Å²) in [6.07, 6.45) is 2.77. The van der Waals surface area contributed by atoms with Crippen LogP contribution in [0.25, 0.3) is 11.2 Å². The molecule has 1 aliphatic heterocycles. The Labute approximate surface area is 234 Å². The van der Waals surface area contributed by atoms with Gasteiger partial charge in [0, 0.05) is 13.0 Å². The molecule has 0 N–H and O–H groups in total. The second kappa shape index (κ2) is 11.7. The molecule has 1 fully saturated rings. The number of ketones is 1. The van der Waals surface area contributed by atoms with Crippen LogP contribution in [0.5, 0.6) is 0 Å². The van der Waals surface area contributed by atoms with Gasteiger partial charge in [0.15, 0.2) is 19.7 Å². The van der Waals surface area contributed by atoms with E-state index in [9.17, 15) is 9.59 Å². The van der Waals surface area contributed by atoms with E-state index in [2.05, 4.69) is 59.8 Å².